The number of ketones is 1. The van der Waals surface area contributed by atoms with E-state index in [4.69, 9.17) is 4.74 Å². The molecule has 0 bridgehead atoms. The lowest BCUT2D eigenvalue weighted by Gasteiger charge is -2.18. The average molecular weight is 239 g/mol. The second-order valence-corrected chi connectivity index (χ2v) is 3.79. The van der Waals surface area contributed by atoms with Gasteiger partial charge in [-0.1, -0.05) is 6.92 Å². The van der Waals surface area contributed by atoms with Crippen LogP contribution >= 0.6 is 0 Å². The Balaban J connectivity index is 2.54. The molecule has 0 fully saturated rings. The van der Waals surface area contributed by atoms with Gasteiger partial charge in [0.15, 0.2) is 5.78 Å². The highest BCUT2D eigenvalue weighted by molar-refractivity contribution is 5.97. The van der Waals surface area contributed by atoms with Crippen molar-refractivity contribution in [3.05, 3.63) is 35.6 Å². The maximum atomic E-state index is 12.7. The maximum Gasteiger partial charge on any atom is 0.176 e. The van der Waals surface area contributed by atoms with Crippen LogP contribution in [0.2, 0.25) is 0 Å². The third kappa shape index (κ3) is 4.63. The Kier molecular flexibility index (Phi) is 5.80. The predicted octanol–water partition coefficient (Wildman–Crippen LogP) is 1.98. The maximum absolute atomic E-state index is 12.7. The van der Waals surface area contributed by atoms with Crippen LogP contribution in [-0.4, -0.2) is 44.0 Å². The van der Waals surface area contributed by atoms with Crippen LogP contribution in [0.3, 0.4) is 0 Å². The third-order valence-corrected chi connectivity index (χ3v) is 2.59. The number of methoxy groups -OCH3 is 1. The van der Waals surface area contributed by atoms with Gasteiger partial charge in [-0.15, -0.1) is 0 Å². The summed E-state index contributed by atoms with van der Waals surface area (Å²) in [5.41, 5.74) is 0.544. The van der Waals surface area contributed by atoms with E-state index in [1.54, 1.807) is 7.11 Å². The van der Waals surface area contributed by atoms with Crippen LogP contribution in [0.1, 0.15) is 17.3 Å². The summed E-state index contributed by atoms with van der Waals surface area (Å²) >= 11 is 0. The fraction of sp³-hybridized carbons (Fsp3) is 0.462. The molecule has 0 aliphatic rings. The van der Waals surface area contributed by atoms with E-state index >= 15 is 0 Å². The number of hydrogen-bond donors (Lipinski definition) is 0. The van der Waals surface area contributed by atoms with Gasteiger partial charge in [-0.05, 0) is 30.8 Å². The zero-order valence-electron chi connectivity index (χ0n) is 10.3. The van der Waals surface area contributed by atoms with Crippen LogP contribution in [0.25, 0.3) is 0 Å². The first-order valence-electron chi connectivity index (χ1n) is 5.67. The quantitative estimate of drug-likeness (QED) is 0.681. The van der Waals surface area contributed by atoms with E-state index in [1.807, 2.05) is 11.8 Å². The van der Waals surface area contributed by atoms with E-state index in [1.165, 1.54) is 24.3 Å². The third-order valence-electron chi connectivity index (χ3n) is 2.59. The van der Waals surface area contributed by atoms with Gasteiger partial charge in [0.1, 0.15) is 5.82 Å². The van der Waals surface area contributed by atoms with E-state index in [-0.39, 0.29) is 11.6 Å². The largest absolute Gasteiger partial charge is 0.383 e. The summed E-state index contributed by atoms with van der Waals surface area (Å²) in [6, 6.07) is 5.64. The highest BCUT2D eigenvalue weighted by atomic mass is 19.1. The number of Topliss-reactive ketones (excluding diaryl/α,β-unsaturated/α-hetero) is 1. The van der Waals surface area contributed by atoms with Crippen molar-refractivity contribution in [3.63, 3.8) is 0 Å². The standard InChI is InChI=1S/C13H18FNO2/c1-3-15(8-9-17-2)10-13(16)11-4-6-12(14)7-5-11/h4-7H,3,8-10H2,1-2H3. The van der Waals surface area contributed by atoms with E-state index < -0.39 is 0 Å². The zero-order chi connectivity index (χ0) is 12.7. The monoisotopic (exact) mass is 239 g/mol. The molecule has 0 heterocycles. The molecule has 1 aromatic rings. The summed E-state index contributed by atoms with van der Waals surface area (Å²) in [4.78, 5) is 13.9. The molecular formula is C13H18FNO2. The second kappa shape index (κ2) is 7.14. The Bertz CT molecular complexity index is 351. The number of nitrogens with zero attached hydrogens (tertiary/aromatic N) is 1. The Morgan fingerprint density at radius 3 is 2.53 bits per heavy atom. The predicted molar refractivity (Wildman–Crippen MR) is 64.7 cm³/mol. The Morgan fingerprint density at radius 2 is 2.00 bits per heavy atom. The van der Waals surface area contributed by atoms with Gasteiger partial charge in [-0.25, -0.2) is 4.39 Å². The number of rotatable bonds is 7. The lowest BCUT2D eigenvalue weighted by atomic mass is 10.1. The van der Waals surface area contributed by atoms with Crippen LogP contribution in [0.15, 0.2) is 24.3 Å². The Morgan fingerprint density at radius 1 is 1.35 bits per heavy atom. The highest BCUT2D eigenvalue weighted by Crippen LogP contribution is 2.05. The molecule has 0 saturated heterocycles. The Labute approximate surface area is 101 Å². The number of ether oxygens (including phenoxy) is 1. The molecule has 94 valence electrons. The van der Waals surface area contributed by atoms with Crippen LogP contribution in [-0.2, 0) is 4.74 Å². The van der Waals surface area contributed by atoms with Crippen molar-refractivity contribution >= 4 is 5.78 Å². The van der Waals surface area contributed by atoms with E-state index in [0.717, 1.165) is 13.1 Å². The second-order valence-electron chi connectivity index (χ2n) is 3.79. The van der Waals surface area contributed by atoms with Gasteiger partial charge in [-0.2, -0.15) is 0 Å². The molecular weight excluding hydrogens is 221 g/mol. The molecule has 0 spiro atoms. The lowest BCUT2D eigenvalue weighted by molar-refractivity contribution is 0.0902. The van der Waals surface area contributed by atoms with Crippen LogP contribution in [0.4, 0.5) is 4.39 Å². The van der Waals surface area contributed by atoms with Crippen molar-refractivity contribution in [2.45, 2.75) is 6.92 Å². The van der Waals surface area contributed by atoms with Gasteiger partial charge in [0.05, 0.1) is 13.2 Å². The van der Waals surface area contributed by atoms with Crippen molar-refractivity contribution in [1.29, 1.82) is 0 Å². The van der Waals surface area contributed by atoms with Crippen molar-refractivity contribution in [2.75, 3.05) is 33.4 Å². The summed E-state index contributed by atoms with van der Waals surface area (Å²) in [6.45, 7) is 4.44. The molecule has 0 aliphatic carbocycles. The number of hydrogen-bond acceptors (Lipinski definition) is 3. The van der Waals surface area contributed by atoms with Crippen molar-refractivity contribution < 1.29 is 13.9 Å². The van der Waals surface area contributed by atoms with Gasteiger partial charge >= 0.3 is 0 Å². The summed E-state index contributed by atoms with van der Waals surface area (Å²) in [5, 5.41) is 0. The van der Waals surface area contributed by atoms with E-state index in [9.17, 15) is 9.18 Å². The van der Waals surface area contributed by atoms with E-state index in [0.29, 0.717) is 18.7 Å². The molecule has 17 heavy (non-hydrogen) atoms. The highest BCUT2D eigenvalue weighted by Gasteiger charge is 2.10. The number of carbonyl (C=O) groups is 1. The Hall–Kier alpha value is -1.26. The molecule has 3 nitrogen and oxygen atoms in total. The minimum Gasteiger partial charge on any atom is -0.383 e. The van der Waals surface area contributed by atoms with Crippen molar-refractivity contribution in [3.8, 4) is 0 Å². The van der Waals surface area contributed by atoms with Gasteiger partial charge in [0.2, 0.25) is 0 Å². The molecule has 1 aromatic carbocycles. The normalized spacial score (nSPS) is 10.8. The van der Waals surface area contributed by atoms with Gasteiger partial charge in [-0.3, -0.25) is 9.69 Å². The molecule has 0 radical (unpaired) electrons. The molecule has 0 unspecified atom stereocenters. The lowest BCUT2D eigenvalue weighted by Crippen LogP contribution is -2.32. The van der Waals surface area contributed by atoms with E-state index in [2.05, 4.69) is 0 Å². The molecule has 1 rings (SSSR count). The fourth-order valence-corrected chi connectivity index (χ4v) is 1.50. The van der Waals surface area contributed by atoms with Gasteiger partial charge < -0.3 is 4.74 Å². The minimum absolute atomic E-state index is 0.00273. The molecule has 0 aliphatic heterocycles. The zero-order valence-corrected chi connectivity index (χ0v) is 10.3. The summed E-state index contributed by atoms with van der Waals surface area (Å²) in [6.07, 6.45) is 0. The number of likely N-dealkylation sites (N-methyl/N-ethyl adjacent to an activating group) is 1. The summed E-state index contributed by atoms with van der Waals surface area (Å²) < 4.78 is 17.7. The van der Waals surface area contributed by atoms with Crippen molar-refractivity contribution in [1.82, 2.24) is 4.90 Å². The molecule has 0 aromatic heterocycles. The minimum atomic E-state index is -0.326. The first-order chi connectivity index (χ1) is 8.17. The number of benzene rings is 1. The van der Waals surface area contributed by atoms with Gasteiger partial charge in [0, 0.05) is 19.2 Å². The van der Waals surface area contributed by atoms with Crippen LogP contribution in [0.5, 0.6) is 0 Å². The SMILES string of the molecule is CCN(CCOC)CC(=O)c1ccc(F)cc1. The molecule has 0 N–H and O–H groups in total. The van der Waals surface area contributed by atoms with Gasteiger partial charge in [0.25, 0.3) is 0 Å². The smallest absolute Gasteiger partial charge is 0.176 e. The topological polar surface area (TPSA) is 29.5 Å². The average Bonchev–Trinajstić information content (AvgIpc) is 2.35. The summed E-state index contributed by atoms with van der Waals surface area (Å²) in [5.74, 6) is -0.323. The first-order valence-corrected chi connectivity index (χ1v) is 5.67. The van der Waals surface area contributed by atoms with Crippen molar-refractivity contribution in [2.24, 2.45) is 0 Å². The van der Waals surface area contributed by atoms with Crippen LogP contribution in [0, 0.1) is 5.82 Å². The molecule has 0 amide bonds. The number of carbonyl (C=O) groups excluding carboxylic acids is 1. The summed E-state index contributed by atoms with van der Waals surface area (Å²) in [7, 11) is 1.63. The van der Waals surface area contributed by atoms with Crippen LogP contribution < -0.4 is 0 Å². The fourth-order valence-electron chi connectivity index (χ4n) is 1.50. The first kappa shape index (κ1) is 13.8. The molecule has 0 atom stereocenters. The molecule has 0 saturated carbocycles. The molecule has 4 heteroatoms. The number of halogens is 1.